The Labute approximate surface area is 67.7 Å². The van der Waals surface area contributed by atoms with E-state index in [9.17, 15) is 0 Å². The monoisotopic (exact) mass is 159 g/mol. The van der Waals surface area contributed by atoms with Crippen molar-refractivity contribution in [3.05, 3.63) is 0 Å². The molecule has 0 spiro atoms. The molecule has 4 heteroatoms. The highest BCUT2D eigenvalue weighted by molar-refractivity contribution is 4.71. The first-order valence-corrected chi connectivity index (χ1v) is 4.01. The van der Waals surface area contributed by atoms with E-state index in [4.69, 9.17) is 5.11 Å². The molecule has 0 saturated carbocycles. The summed E-state index contributed by atoms with van der Waals surface area (Å²) in [4.78, 5) is 0. The number of β-amino-alcohol motifs (C(OH)–C–C–N with tert-alkyl or cyclic N) is 1. The zero-order valence-corrected chi connectivity index (χ0v) is 7.41. The summed E-state index contributed by atoms with van der Waals surface area (Å²) in [6.07, 6.45) is -0.263. The van der Waals surface area contributed by atoms with Crippen LogP contribution in [0.1, 0.15) is 13.8 Å². The number of aliphatic hydroxyl groups is 1. The summed E-state index contributed by atoms with van der Waals surface area (Å²) in [7, 11) is 2.01. The summed E-state index contributed by atoms with van der Waals surface area (Å²) in [5, 5.41) is 13.2. The second kappa shape index (κ2) is 3.49. The Balaban J connectivity index is 2.29. The first-order valence-electron chi connectivity index (χ1n) is 4.01. The number of hydrogen-bond donors (Lipinski definition) is 2. The summed E-state index contributed by atoms with van der Waals surface area (Å²) in [6, 6.07) is 0.522. The third-order valence-corrected chi connectivity index (χ3v) is 1.93. The standard InChI is InChI=1S/C7H17N3O/c1-6-4-10(5-7(2)11)8-9(6)3/h6-8,11H,4-5H2,1-3H3/t6-,7-/m1/s1. The van der Waals surface area contributed by atoms with E-state index in [1.807, 2.05) is 17.1 Å². The molecule has 1 aliphatic rings. The number of hydrazine groups is 2. The van der Waals surface area contributed by atoms with Crippen molar-refractivity contribution < 1.29 is 5.11 Å². The van der Waals surface area contributed by atoms with Gasteiger partial charge in [0, 0.05) is 26.2 Å². The Bertz CT molecular complexity index is 116. The maximum absolute atomic E-state index is 9.09. The van der Waals surface area contributed by atoms with Crippen LogP contribution >= 0.6 is 0 Å². The maximum Gasteiger partial charge on any atom is 0.0653 e. The molecular formula is C7H17N3O. The molecule has 2 N–H and O–H groups in total. The molecule has 0 unspecified atom stereocenters. The van der Waals surface area contributed by atoms with E-state index in [2.05, 4.69) is 12.5 Å². The molecule has 1 aliphatic heterocycles. The third kappa shape index (κ3) is 2.41. The Hall–Kier alpha value is -0.160. The fraction of sp³-hybridized carbons (Fsp3) is 1.00. The first-order chi connectivity index (χ1) is 5.09. The van der Waals surface area contributed by atoms with Gasteiger partial charge in [-0.1, -0.05) is 0 Å². The van der Waals surface area contributed by atoms with Crippen LogP contribution in [0.4, 0.5) is 0 Å². The summed E-state index contributed by atoms with van der Waals surface area (Å²) in [5.41, 5.74) is 3.14. The number of aliphatic hydroxyl groups excluding tert-OH is 1. The van der Waals surface area contributed by atoms with Gasteiger partial charge in [0.05, 0.1) is 6.10 Å². The van der Waals surface area contributed by atoms with E-state index in [-0.39, 0.29) is 6.10 Å². The number of likely N-dealkylation sites (N-methyl/N-ethyl adjacent to an activating group) is 1. The van der Waals surface area contributed by atoms with Crippen LogP contribution in [-0.4, -0.2) is 47.4 Å². The number of nitrogens with one attached hydrogen (secondary N) is 1. The van der Waals surface area contributed by atoms with Gasteiger partial charge in [0.1, 0.15) is 0 Å². The summed E-state index contributed by atoms with van der Waals surface area (Å²) >= 11 is 0. The summed E-state index contributed by atoms with van der Waals surface area (Å²) < 4.78 is 0. The first kappa shape index (κ1) is 8.93. The average Bonchev–Trinajstić information content (AvgIpc) is 2.10. The second-order valence-corrected chi connectivity index (χ2v) is 3.31. The van der Waals surface area contributed by atoms with Gasteiger partial charge in [0.25, 0.3) is 0 Å². The van der Waals surface area contributed by atoms with Crippen molar-refractivity contribution in [2.75, 3.05) is 20.1 Å². The van der Waals surface area contributed by atoms with Crippen molar-refractivity contribution >= 4 is 0 Å². The average molecular weight is 159 g/mol. The maximum atomic E-state index is 9.09. The van der Waals surface area contributed by atoms with Crippen LogP contribution in [0, 0.1) is 0 Å². The highest BCUT2D eigenvalue weighted by atomic mass is 16.3. The van der Waals surface area contributed by atoms with E-state index in [0.717, 1.165) is 6.54 Å². The predicted molar refractivity (Wildman–Crippen MR) is 43.6 cm³/mol. The van der Waals surface area contributed by atoms with Crippen LogP contribution in [-0.2, 0) is 0 Å². The van der Waals surface area contributed by atoms with E-state index in [0.29, 0.717) is 12.6 Å². The van der Waals surface area contributed by atoms with Crippen LogP contribution in [0.5, 0.6) is 0 Å². The fourth-order valence-corrected chi connectivity index (χ4v) is 1.24. The minimum absolute atomic E-state index is 0.263. The van der Waals surface area contributed by atoms with Gasteiger partial charge in [-0.2, -0.15) is 5.53 Å². The van der Waals surface area contributed by atoms with E-state index < -0.39 is 0 Å². The molecule has 66 valence electrons. The van der Waals surface area contributed by atoms with Gasteiger partial charge in [-0.05, 0) is 13.8 Å². The van der Waals surface area contributed by atoms with Gasteiger partial charge in [0.15, 0.2) is 0 Å². The Kier molecular flexibility index (Phi) is 2.84. The predicted octanol–water partition coefficient (Wildman–Crippen LogP) is -0.577. The van der Waals surface area contributed by atoms with Crippen LogP contribution in [0.15, 0.2) is 0 Å². The molecule has 0 aromatic carbocycles. The van der Waals surface area contributed by atoms with Crippen molar-refractivity contribution in [2.45, 2.75) is 26.0 Å². The Morgan fingerprint density at radius 2 is 2.36 bits per heavy atom. The van der Waals surface area contributed by atoms with Crippen molar-refractivity contribution in [3.8, 4) is 0 Å². The zero-order chi connectivity index (χ0) is 8.43. The molecule has 1 fully saturated rings. The second-order valence-electron chi connectivity index (χ2n) is 3.31. The van der Waals surface area contributed by atoms with Crippen molar-refractivity contribution in [1.82, 2.24) is 15.6 Å². The quantitative estimate of drug-likeness (QED) is 0.565. The molecule has 0 aromatic rings. The Morgan fingerprint density at radius 3 is 2.73 bits per heavy atom. The van der Waals surface area contributed by atoms with Crippen molar-refractivity contribution in [3.63, 3.8) is 0 Å². The highest BCUT2D eigenvalue weighted by Gasteiger charge is 2.23. The molecule has 0 amide bonds. The number of nitrogens with zero attached hydrogens (tertiary/aromatic N) is 2. The Morgan fingerprint density at radius 1 is 1.73 bits per heavy atom. The topological polar surface area (TPSA) is 38.7 Å². The van der Waals surface area contributed by atoms with Gasteiger partial charge in [-0.3, -0.25) is 0 Å². The van der Waals surface area contributed by atoms with Gasteiger partial charge < -0.3 is 5.11 Å². The van der Waals surface area contributed by atoms with Crippen LogP contribution < -0.4 is 5.53 Å². The molecule has 2 atom stereocenters. The molecule has 0 radical (unpaired) electrons. The summed E-state index contributed by atoms with van der Waals surface area (Å²) in [6.45, 7) is 5.61. The largest absolute Gasteiger partial charge is 0.392 e. The molecule has 1 rings (SSSR count). The lowest BCUT2D eigenvalue weighted by atomic mass is 10.3. The van der Waals surface area contributed by atoms with E-state index in [1.165, 1.54) is 0 Å². The lowest BCUT2D eigenvalue weighted by Crippen LogP contribution is -2.41. The third-order valence-electron chi connectivity index (χ3n) is 1.93. The normalized spacial score (nSPS) is 31.1. The van der Waals surface area contributed by atoms with Crippen molar-refractivity contribution in [2.24, 2.45) is 0 Å². The van der Waals surface area contributed by atoms with Crippen LogP contribution in [0.25, 0.3) is 0 Å². The van der Waals surface area contributed by atoms with Crippen LogP contribution in [0.2, 0.25) is 0 Å². The van der Waals surface area contributed by atoms with Gasteiger partial charge >= 0.3 is 0 Å². The molecule has 1 heterocycles. The molecule has 11 heavy (non-hydrogen) atoms. The number of hydrogen-bond acceptors (Lipinski definition) is 4. The van der Waals surface area contributed by atoms with E-state index in [1.54, 1.807) is 6.92 Å². The van der Waals surface area contributed by atoms with Crippen LogP contribution in [0.3, 0.4) is 0 Å². The SMILES string of the molecule is C[C@@H]1CN(C[C@@H](C)O)NN1C. The molecule has 0 bridgehead atoms. The highest BCUT2D eigenvalue weighted by Crippen LogP contribution is 2.04. The molecule has 1 saturated heterocycles. The minimum atomic E-state index is -0.263. The van der Waals surface area contributed by atoms with E-state index >= 15 is 0 Å². The lowest BCUT2D eigenvalue weighted by Gasteiger charge is -2.17. The number of rotatable bonds is 2. The smallest absolute Gasteiger partial charge is 0.0653 e. The molecule has 0 aromatic heterocycles. The zero-order valence-electron chi connectivity index (χ0n) is 7.41. The van der Waals surface area contributed by atoms with Gasteiger partial charge in [-0.15, -0.1) is 0 Å². The van der Waals surface area contributed by atoms with Crippen molar-refractivity contribution in [1.29, 1.82) is 0 Å². The fourth-order valence-electron chi connectivity index (χ4n) is 1.24. The molecule has 4 nitrogen and oxygen atoms in total. The van der Waals surface area contributed by atoms with Gasteiger partial charge in [0.2, 0.25) is 0 Å². The molecule has 0 aliphatic carbocycles. The lowest BCUT2D eigenvalue weighted by molar-refractivity contribution is 0.0768. The minimum Gasteiger partial charge on any atom is -0.392 e. The van der Waals surface area contributed by atoms with Gasteiger partial charge in [-0.25, -0.2) is 10.0 Å². The molecular weight excluding hydrogens is 142 g/mol. The summed E-state index contributed by atoms with van der Waals surface area (Å²) in [5.74, 6) is 0.